The van der Waals surface area contributed by atoms with Crippen molar-refractivity contribution in [2.24, 2.45) is 11.8 Å². The number of carboxylic acid groups (broad SMARTS) is 1. The van der Waals surface area contributed by atoms with Crippen molar-refractivity contribution >= 4 is 23.2 Å². The summed E-state index contributed by atoms with van der Waals surface area (Å²) >= 11 is 1.67. The minimum atomic E-state index is -0.860. The van der Waals surface area contributed by atoms with Crippen molar-refractivity contribution in [2.75, 3.05) is 7.05 Å². The van der Waals surface area contributed by atoms with Crippen molar-refractivity contribution in [1.82, 2.24) is 4.90 Å². The van der Waals surface area contributed by atoms with E-state index in [4.69, 9.17) is 5.11 Å². The summed E-state index contributed by atoms with van der Waals surface area (Å²) in [5.74, 6) is -1.71. The molecule has 0 saturated heterocycles. The van der Waals surface area contributed by atoms with Gasteiger partial charge in [-0.2, -0.15) is 0 Å². The first-order valence-corrected chi connectivity index (χ1v) is 6.79. The molecule has 98 valence electrons. The predicted molar refractivity (Wildman–Crippen MR) is 69.5 cm³/mol. The molecule has 1 aromatic heterocycles. The third-order valence-electron chi connectivity index (χ3n) is 3.53. The molecule has 0 bridgehead atoms. The van der Waals surface area contributed by atoms with E-state index in [1.807, 2.05) is 26.0 Å². The van der Waals surface area contributed by atoms with Crippen LogP contribution in [-0.4, -0.2) is 28.9 Å². The Bertz CT molecular complexity index is 482. The average Bonchev–Trinajstić information content (AvgIpc) is 3.02. The van der Waals surface area contributed by atoms with Crippen LogP contribution in [0, 0.1) is 18.8 Å². The number of amides is 1. The fourth-order valence-corrected chi connectivity index (χ4v) is 3.03. The Kier molecular flexibility index (Phi) is 3.43. The minimum absolute atomic E-state index is 0.00578. The van der Waals surface area contributed by atoms with Crippen LogP contribution in [0.3, 0.4) is 0 Å². The van der Waals surface area contributed by atoms with Crippen molar-refractivity contribution in [2.45, 2.75) is 26.3 Å². The van der Waals surface area contributed by atoms with Gasteiger partial charge < -0.3 is 10.0 Å². The molecule has 1 saturated carbocycles. The van der Waals surface area contributed by atoms with Gasteiger partial charge in [-0.25, -0.2) is 0 Å². The number of hydrogen-bond donors (Lipinski definition) is 1. The molecule has 1 heterocycles. The first-order valence-electron chi connectivity index (χ1n) is 5.97. The van der Waals surface area contributed by atoms with Crippen molar-refractivity contribution in [3.63, 3.8) is 0 Å². The largest absolute Gasteiger partial charge is 0.481 e. The number of carboxylic acids is 1. The summed E-state index contributed by atoms with van der Waals surface area (Å²) in [6.07, 6.45) is 0.481. The van der Waals surface area contributed by atoms with Gasteiger partial charge in [0.05, 0.1) is 17.9 Å². The highest BCUT2D eigenvalue weighted by molar-refractivity contribution is 7.12. The van der Waals surface area contributed by atoms with Crippen LogP contribution in [0.2, 0.25) is 0 Å². The van der Waals surface area contributed by atoms with E-state index in [0.717, 1.165) is 4.88 Å². The zero-order valence-electron chi connectivity index (χ0n) is 10.7. The minimum Gasteiger partial charge on any atom is -0.481 e. The van der Waals surface area contributed by atoms with Gasteiger partial charge in [0.25, 0.3) is 0 Å². The molecule has 5 heteroatoms. The van der Waals surface area contributed by atoms with Gasteiger partial charge in [0.1, 0.15) is 0 Å². The molecule has 18 heavy (non-hydrogen) atoms. The summed E-state index contributed by atoms with van der Waals surface area (Å²) in [6, 6.07) is 4.06. The lowest BCUT2D eigenvalue weighted by Crippen LogP contribution is -2.31. The van der Waals surface area contributed by atoms with Gasteiger partial charge >= 0.3 is 5.97 Å². The molecule has 1 fully saturated rings. The van der Waals surface area contributed by atoms with Gasteiger partial charge in [0.2, 0.25) is 5.91 Å². The highest BCUT2D eigenvalue weighted by atomic mass is 32.1. The number of aryl methyl sites for hydroxylation is 1. The van der Waals surface area contributed by atoms with Crippen molar-refractivity contribution in [3.05, 3.63) is 21.9 Å². The van der Waals surface area contributed by atoms with E-state index in [1.54, 1.807) is 23.3 Å². The first kappa shape index (κ1) is 13.1. The van der Waals surface area contributed by atoms with E-state index in [2.05, 4.69) is 0 Å². The topological polar surface area (TPSA) is 57.6 Å². The highest BCUT2D eigenvalue weighted by Crippen LogP contribution is 2.41. The Morgan fingerprint density at radius 3 is 2.56 bits per heavy atom. The quantitative estimate of drug-likeness (QED) is 0.910. The van der Waals surface area contributed by atoms with Gasteiger partial charge in [-0.15, -0.1) is 11.3 Å². The number of thiophene rings is 1. The van der Waals surface area contributed by atoms with Crippen LogP contribution in [0.15, 0.2) is 12.1 Å². The molecule has 1 aliphatic rings. The normalized spacial score (nSPS) is 23.5. The molecule has 1 N–H and O–H groups in total. The SMILES string of the molecule is Cc1ccc(C(C)N(C)C(=O)C2CC2C(=O)O)s1. The summed E-state index contributed by atoms with van der Waals surface area (Å²) in [5, 5.41) is 8.84. The van der Waals surface area contributed by atoms with Crippen LogP contribution in [0.5, 0.6) is 0 Å². The number of carbonyl (C=O) groups excluding carboxylic acids is 1. The van der Waals surface area contributed by atoms with Gasteiger partial charge in [0, 0.05) is 16.8 Å². The maximum absolute atomic E-state index is 12.1. The predicted octanol–water partition coefficient (Wildman–Crippen LogP) is 2.30. The summed E-state index contributed by atoms with van der Waals surface area (Å²) in [5.41, 5.74) is 0. The molecule has 2 rings (SSSR count). The lowest BCUT2D eigenvalue weighted by atomic mass is 10.2. The summed E-state index contributed by atoms with van der Waals surface area (Å²) < 4.78 is 0. The van der Waals surface area contributed by atoms with E-state index in [9.17, 15) is 9.59 Å². The third-order valence-corrected chi connectivity index (χ3v) is 4.70. The third kappa shape index (κ3) is 2.41. The van der Waals surface area contributed by atoms with Gasteiger partial charge in [-0.05, 0) is 32.4 Å². The van der Waals surface area contributed by atoms with Crippen LogP contribution in [0.25, 0.3) is 0 Å². The Morgan fingerprint density at radius 1 is 1.44 bits per heavy atom. The van der Waals surface area contributed by atoms with Crippen LogP contribution in [0.1, 0.15) is 29.1 Å². The number of hydrogen-bond acceptors (Lipinski definition) is 3. The fourth-order valence-electron chi connectivity index (χ4n) is 2.06. The van der Waals surface area contributed by atoms with E-state index in [-0.39, 0.29) is 17.9 Å². The van der Waals surface area contributed by atoms with Gasteiger partial charge in [0.15, 0.2) is 0 Å². The molecular weight excluding hydrogens is 250 g/mol. The zero-order valence-corrected chi connectivity index (χ0v) is 11.5. The smallest absolute Gasteiger partial charge is 0.307 e. The van der Waals surface area contributed by atoms with Gasteiger partial charge in [-0.1, -0.05) is 0 Å². The lowest BCUT2D eigenvalue weighted by molar-refractivity contribution is -0.142. The molecule has 3 atom stereocenters. The van der Waals surface area contributed by atoms with E-state index in [1.165, 1.54) is 4.88 Å². The summed E-state index contributed by atoms with van der Waals surface area (Å²) in [6.45, 7) is 4.01. The van der Waals surface area contributed by atoms with Crippen LogP contribution >= 0.6 is 11.3 Å². The van der Waals surface area contributed by atoms with Crippen molar-refractivity contribution in [1.29, 1.82) is 0 Å². The fraction of sp³-hybridized carbons (Fsp3) is 0.538. The van der Waals surface area contributed by atoms with Crippen LogP contribution < -0.4 is 0 Å². The number of aliphatic carboxylic acids is 1. The standard InChI is InChI=1S/C13H17NO3S/c1-7-4-5-11(18-7)8(2)14(3)12(15)9-6-10(9)13(16)17/h4-5,8-10H,6H2,1-3H3,(H,16,17). The molecule has 1 amide bonds. The lowest BCUT2D eigenvalue weighted by Gasteiger charge is -2.24. The summed E-state index contributed by atoms with van der Waals surface area (Å²) in [7, 11) is 1.75. The molecule has 3 unspecified atom stereocenters. The molecule has 0 aromatic carbocycles. The molecule has 4 nitrogen and oxygen atoms in total. The van der Waals surface area contributed by atoms with Crippen LogP contribution in [0.4, 0.5) is 0 Å². The second kappa shape index (κ2) is 4.72. The number of rotatable bonds is 4. The molecule has 0 spiro atoms. The van der Waals surface area contributed by atoms with E-state index in [0.29, 0.717) is 6.42 Å². The maximum atomic E-state index is 12.1. The molecule has 1 aliphatic carbocycles. The zero-order chi connectivity index (χ0) is 13.4. The number of nitrogens with zero attached hydrogens (tertiary/aromatic N) is 1. The molecular formula is C13H17NO3S. The summed E-state index contributed by atoms with van der Waals surface area (Å²) in [4.78, 5) is 26.9. The Labute approximate surface area is 110 Å². The Balaban J connectivity index is 2.01. The van der Waals surface area contributed by atoms with Crippen LogP contribution in [-0.2, 0) is 9.59 Å². The van der Waals surface area contributed by atoms with Crippen molar-refractivity contribution < 1.29 is 14.7 Å². The van der Waals surface area contributed by atoms with Gasteiger partial charge in [-0.3, -0.25) is 9.59 Å². The maximum Gasteiger partial charge on any atom is 0.307 e. The monoisotopic (exact) mass is 267 g/mol. The molecule has 0 radical (unpaired) electrons. The molecule has 1 aromatic rings. The molecule has 0 aliphatic heterocycles. The second-order valence-corrected chi connectivity index (χ2v) is 6.18. The average molecular weight is 267 g/mol. The van der Waals surface area contributed by atoms with E-state index >= 15 is 0 Å². The van der Waals surface area contributed by atoms with E-state index < -0.39 is 11.9 Å². The second-order valence-electron chi connectivity index (χ2n) is 4.86. The first-order chi connectivity index (χ1) is 8.41. The van der Waals surface area contributed by atoms with Crippen molar-refractivity contribution in [3.8, 4) is 0 Å². The Morgan fingerprint density at radius 2 is 2.11 bits per heavy atom. The Hall–Kier alpha value is -1.36. The highest BCUT2D eigenvalue weighted by Gasteiger charge is 2.49. The number of carbonyl (C=O) groups is 2.